The summed E-state index contributed by atoms with van der Waals surface area (Å²) in [5.74, 6) is 0. The number of rotatable bonds is 0. The summed E-state index contributed by atoms with van der Waals surface area (Å²) >= 11 is 0. The lowest BCUT2D eigenvalue weighted by Crippen LogP contribution is -1.64. The Hall–Kier alpha value is -1.23. The van der Waals surface area contributed by atoms with Crippen LogP contribution in [-0.4, -0.2) is 15.6 Å². The Labute approximate surface area is 66.2 Å². The molecule has 0 saturated carbocycles. The predicted molar refractivity (Wildman–Crippen MR) is 42.3 cm³/mol. The molecule has 1 aliphatic rings. The summed E-state index contributed by atoms with van der Waals surface area (Å²) in [4.78, 5) is 0. The number of allylic oxidation sites excluding steroid dienone is 1. The van der Waals surface area contributed by atoms with E-state index < -0.39 is 11.0 Å². The van der Waals surface area contributed by atoms with E-state index in [0.29, 0.717) is 0 Å². The van der Waals surface area contributed by atoms with Crippen LogP contribution in [-0.2, 0) is 11.0 Å². The number of nitrogens with zero attached hydrogens (tertiary/aromatic N) is 2. The van der Waals surface area contributed by atoms with Crippen molar-refractivity contribution in [3.05, 3.63) is 30.0 Å². The molecule has 0 aromatic carbocycles. The van der Waals surface area contributed by atoms with Crippen molar-refractivity contribution < 1.29 is 8.73 Å². The van der Waals surface area contributed by atoms with Crippen molar-refractivity contribution >= 4 is 17.2 Å². The fourth-order valence-electron chi connectivity index (χ4n) is 0.408. The first-order valence-electron chi connectivity index (χ1n) is 2.85. The number of aromatic nitrogens is 1. The van der Waals surface area contributed by atoms with E-state index in [1.165, 1.54) is 17.9 Å². The molecule has 1 atom stereocenters. The van der Waals surface area contributed by atoms with E-state index in [4.69, 9.17) is 0 Å². The number of hydrogen-bond acceptors (Lipinski definition) is 3. The van der Waals surface area contributed by atoms with Crippen LogP contribution in [0.3, 0.4) is 0 Å². The smallest absolute Gasteiger partial charge is 0.165 e. The average molecular weight is 170 g/mol. The highest BCUT2D eigenvalue weighted by molar-refractivity contribution is 7.87. The molecule has 1 aliphatic heterocycles. The third kappa shape index (κ3) is 3.47. The summed E-state index contributed by atoms with van der Waals surface area (Å²) in [6.07, 6.45) is 6.28. The van der Waals surface area contributed by atoms with Gasteiger partial charge in [0.25, 0.3) is 0 Å². The molecule has 0 aliphatic carbocycles. The Morgan fingerprint density at radius 3 is 2.55 bits per heavy atom. The molecule has 11 heavy (non-hydrogen) atoms. The van der Waals surface area contributed by atoms with Crippen LogP contribution in [0, 0.1) is 0 Å². The molecule has 1 aromatic rings. The van der Waals surface area contributed by atoms with Gasteiger partial charge in [0.2, 0.25) is 0 Å². The molecule has 0 N–H and O–H groups in total. The monoisotopic (exact) mass is 170 g/mol. The van der Waals surface area contributed by atoms with Gasteiger partial charge in [-0.1, -0.05) is 5.16 Å². The molecule has 5 heteroatoms. The van der Waals surface area contributed by atoms with Gasteiger partial charge in [-0.3, -0.25) is 0 Å². The highest BCUT2D eigenvalue weighted by Crippen LogP contribution is 1.90. The first-order chi connectivity index (χ1) is 5.39. The fraction of sp³-hybridized carbons (Fsp3) is 0. The van der Waals surface area contributed by atoms with Crippen LogP contribution in [0.4, 0.5) is 0 Å². The molecular formula is C6H6N2O2S. The van der Waals surface area contributed by atoms with E-state index in [2.05, 4.69) is 14.1 Å². The average Bonchev–Trinajstić information content (AvgIpc) is 2.57. The maximum Gasteiger partial charge on any atom is 0.165 e. The molecule has 2 rings (SSSR count). The zero-order chi connectivity index (χ0) is 7.94. The fourth-order valence-corrected chi connectivity index (χ4v) is 0.873. The van der Waals surface area contributed by atoms with Crippen molar-refractivity contribution in [2.75, 3.05) is 0 Å². The summed E-state index contributed by atoms with van der Waals surface area (Å²) < 4.78 is 17.9. The van der Waals surface area contributed by atoms with Crippen LogP contribution in [0.2, 0.25) is 0 Å². The first kappa shape index (κ1) is 7.87. The lowest BCUT2D eigenvalue weighted by Gasteiger charge is -1.65. The molecule has 0 spiro atoms. The van der Waals surface area contributed by atoms with Gasteiger partial charge in [0.15, 0.2) is 11.0 Å². The molecular weight excluding hydrogens is 164 g/mol. The standard InChI is InChI=1S/C3H3NOS.C3H3NO/c5-6-3-1-2-4-6;1-2-4-5-3-1/h1-3H;1-3H. The summed E-state index contributed by atoms with van der Waals surface area (Å²) in [5.41, 5.74) is 0. The minimum Gasteiger partial charge on any atom is -0.365 e. The zero-order valence-electron chi connectivity index (χ0n) is 5.58. The second-order valence-electron chi connectivity index (χ2n) is 1.55. The van der Waals surface area contributed by atoms with E-state index in [1.807, 2.05) is 0 Å². The Kier molecular flexibility index (Phi) is 3.27. The highest BCUT2D eigenvalue weighted by atomic mass is 32.2. The number of hydrogen-bond donors (Lipinski definition) is 0. The van der Waals surface area contributed by atoms with Gasteiger partial charge in [0.05, 0.1) is 6.20 Å². The second-order valence-corrected chi connectivity index (χ2v) is 2.58. The van der Waals surface area contributed by atoms with Gasteiger partial charge in [-0.25, -0.2) is 4.21 Å². The normalized spacial score (nSPS) is 19.5. The third-order valence-corrected chi connectivity index (χ3v) is 1.51. The van der Waals surface area contributed by atoms with Gasteiger partial charge in [-0.2, -0.15) is 4.40 Å². The van der Waals surface area contributed by atoms with Crippen molar-refractivity contribution in [2.45, 2.75) is 0 Å². The summed E-state index contributed by atoms with van der Waals surface area (Å²) in [7, 11) is -1.03. The van der Waals surface area contributed by atoms with Crippen molar-refractivity contribution in [3.8, 4) is 0 Å². The van der Waals surface area contributed by atoms with Gasteiger partial charge in [0, 0.05) is 11.6 Å². The molecule has 58 valence electrons. The van der Waals surface area contributed by atoms with Gasteiger partial charge < -0.3 is 4.52 Å². The lowest BCUT2D eigenvalue weighted by atomic mass is 10.7. The van der Waals surface area contributed by atoms with Crippen LogP contribution in [0.1, 0.15) is 0 Å². The van der Waals surface area contributed by atoms with Gasteiger partial charge in [-0.15, -0.1) is 0 Å². The van der Waals surface area contributed by atoms with E-state index >= 15 is 0 Å². The van der Waals surface area contributed by atoms with Crippen LogP contribution in [0.25, 0.3) is 0 Å². The summed E-state index contributed by atoms with van der Waals surface area (Å²) in [6, 6.07) is 1.72. The molecule has 0 amide bonds. The quantitative estimate of drug-likeness (QED) is 0.581. The summed E-state index contributed by atoms with van der Waals surface area (Å²) in [6.45, 7) is 0. The Bertz CT molecular complexity index is 235. The molecule has 4 nitrogen and oxygen atoms in total. The molecule has 0 bridgehead atoms. The van der Waals surface area contributed by atoms with E-state index in [1.54, 1.807) is 18.3 Å². The molecule has 2 heterocycles. The first-order valence-corrected chi connectivity index (χ1v) is 4.02. The van der Waals surface area contributed by atoms with Crippen molar-refractivity contribution in [3.63, 3.8) is 0 Å². The Morgan fingerprint density at radius 1 is 1.45 bits per heavy atom. The maximum absolute atomic E-state index is 10.1. The van der Waals surface area contributed by atoms with E-state index in [0.717, 1.165) is 0 Å². The SMILES string of the molecule is O=S1C=CC=N1.c1cnoc1. The van der Waals surface area contributed by atoms with Crippen LogP contribution in [0.5, 0.6) is 0 Å². The minimum absolute atomic E-state index is 1.03. The predicted octanol–water partition coefficient (Wildman–Crippen LogP) is 0.923. The summed E-state index contributed by atoms with van der Waals surface area (Å²) in [5, 5.41) is 4.88. The van der Waals surface area contributed by atoms with Crippen LogP contribution in [0.15, 0.2) is 38.9 Å². The second kappa shape index (κ2) is 4.56. The zero-order valence-corrected chi connectivity index (χ0v) is 6.40. The molecule has 0 radical (unpaired) electrons. The van der Waals surface area contributed by atoms with Gasteiger partial charge >= 0.3 is 0 Å². The topological polar surface area (TPSA) is 55.5 Å². The molecule has 1 unspecified atom stereocenters. The van der Waals surface area contributed by atoms with E-state index in [-0.39, 0.29) is 0 Å². The molecule has 1 aromatic heterocycles. The van der Waals surface area contributed by atoms with Crippen molar-refractivity contribution in [2.24, 2.45) is 4.40 Å². The minimum atomic E-state index is -1.03. The maximum atomic E-state index is 10.1. The van der Waals surface area contributed by atoms with Gasteiger partial charge in [0.1, 0.15) is 6.26 Å². The highest BCUT2D eigenvalue weighted by Gasteiger charge is 1.87. The Balaban J connectivity index is 0.000000112. The van der Waals surface area contributed by atoms with Gasteiger partial charge in [-0.05, 0) is 12.1 Å². The van der Waals surface area contributed by atoms with E-state index in [9.17, 15) is 4.21 Å². The third-order valence-electron chi connectivity index (χ3n) is 0.793. The van der Waals surface area contributed by atoms with Crippen molar-refractivity contribution in [1.82, 2.24) is 5.16 Å². The van der Waals surface area contributed by atoms with Crippen LogP contribution >= 0.6 is 0 Å². The lowest BCUT2D eigenvalue weighted by molar-refractivity contribution is 0.420. The van der Waals surface area contributed by atoms with Crippen molar-refractivity contribution in [1.29, 1.82) is 0 Å². The molecule has 0 fully saturated rings. The Morgan fingerprint density at radius 2 is 2.36 bits per heavy atom. The van der Waals surface area contributed by atoms with Crippen LogP contribution < -0.4 is 0 Å². The largest absolute Gasteiger partial charge is 0.365 e. The molecule has 0 saturated heterocycles.